The highest BCUT2D eigenvalue weighted by Crippen LogP contribution is 2.31. The number of nitrogens with zero attached hydrogens (tertiary/aromatic N) is 3. The second kappa shape index (κ2) is 7.50. The molecule has 0 amide bonds. The lowest BCUT2D eigenvalue weighted by Crippen LogP contribution is -2.41. The van der Waals surface area contributed by atoms with Crippen molar-refractivity contribution < 1.29 is 4.74 Å². The van der Waals surface area contributed by atoms with Gasteiger partial charge in [-0.3, -0.25) is 4.90 Å². The molecule has 0 aromatic carbocycles. The third-order valence-electron chi connectivity index (χ3n) is 5.46. The van der Waals surface area contributed by atoms with Gasteiger partial charge in [0.25, 0.3) is 0 Å². The average Bonchev–Trinajstić information content (AvgIpc) is 3.19. The van der Waals surface area contributed by atoms with Gasteiger partial charge in [0.1, 0.15) is 11.6 Å². The Morgan fingerprint density at radius 1 is 1.12 bits per heavy atom. The van der Waals surface area contributed by atoms with Crippen LogP contribution < -0.4 is 5.32 Å². The topological polar surface area (TPSA) is 50.3 Å². The van der Waals surface area contributed by atoms with Crippen molar-refractivity contribution in [2.45, 2.75) is 38.1 Å². The molecule has 0 bridgehead atoms. The Kier molecular flexibility index (Phi) is 4.95. The molecule has 132 valence electrons. The van der Waals surface area contributed by atoms with Crippen LogP contribution in [-0.2, 0) is 4.74 Å². The van der Waals surface area contributed by atoms with Crippen molar-refractivity contribution >= 4 is 11.6 Å². The first-order valence-corrected chi connectivity index (χ1v) is 9.26. The van der Waals surface area contributed by atoms with Crippen molar-refractivity contribution in [3.05, 3.63) is 47.8 Å². The highest BCUT2D eigenvalue weighted by molar-refractivity contribution is 5.56. The van der Waals surface area contributed by atoms with Crippen LogP contribution in [0.1, 0.15) is 36.3 Å². The zero-order valence-corrected chi connectivity index (χ0v) is 14.8. The maximum atomic E-state index is 5.54. The van der Waals surface area contributed by atoms with E-state index in [4.69, 9.17) is 4.74 Å². The van der Waals surface area contributed by atoms with E-state index in [1.807, 2.05) is 18.5 Å². The largest absolute Gasteiger partial charge is 0.380 e. The lowest BCUT2D eigenvalue weighted by atomic mass is 9.89. The molecule has 2 aromatic heterocycles. The number of likely N-dealkylation sites (tertiary alicyclic amines) is 1. The van der Waals surface area contributed by atoms with Crippen LogP contribution in [-0.4, -0.2) is 47.2 Å². The van der Waals surface area contributed by atoms with Crippen LogP contribution >= 0.6 is 0 Å². The van der Waals surface area contributed by atoms with Crippen molar-refractivity contribution in [1.29, 1.82) is 0 Å². The summed E-state index contributed by atoms with van der Waals surface area (Å²) in [6.45, 7) is 6.24. The lowest BCUT2D eigenvalue weighted by molar-refractivity contribution is 0.122. The van der Waals surface area contributed by atoms with Gasteiger partial charge in [-0.15, -0.1) is 0 Å². The Labute approximate surface area is 149 Å². The Morgan fingerprint density at radius 2 is 2.00 bits per heavy atom. The Balaban J connectivity index is 1.41. The molecule has 4 heterocycles. The van der Waals surface area contributed by atoms with Crippen LogP contribution in [0, 0.1) is 6.92 Å². The van der Waals surface area contributed by atoms with Gasteiger partial charge in [-0.25, -0.2) is 9.97 Å². The third-order valence-corrected chi connectivity index (χ3v) is 5.46. The van der Waals surface area contributed by atoms with Gasteiger partial charge in [0.2, 0.25) is 0 Å². The molecule has 2 aliphatic rings. The van der Waals surface area contributed by atoms with E-state index in [-0.39, 0.29) is 0 Å². The van der Waals surface area contributed by atoms with E-state index < -0.39 is 0 Å². The molecule has 2 fully saturated rings. The first kappa shape index (κ1) is 16.5. The van der Waals surface area contributed by atoms with E-state index in [0.717, 1.165) is 30.4 Å². The minimum absolute atomic E-state index is 0.618. The third kappa shape index (κ3) is 3.83. The summed E-state index contributed by atoms with van der Waals surface area (Å²) in [6, 6.07) is 9.00. The molecule has 25 heavy (non-hydrogen) atoms. The number of pyridine rings is 2. The van der Waals surface area contributed by atoms with Gasteiger partial charge < -0.3 is 10.1 Å². The number of aryl methyl sites for hydroxylation is 1. The predicted octanol–water partition coefficient (Wildman–Crippen LogP) is 3.50. The van der Waals surface area contributed by atoms with E-state index in [1.54, 1.807) is 0 Å². The average molecular weight is 338 g/mol. The molecule has 0 unspecified atom stereocenters. The number of piperidine rings is 1. The molecule has 1 atom stereocenters. The van der Waals surface area contributed by atoms with Gasteiger partial charge in [-0.05, 0) is 74.5 Å². The predicted molar refractivity (Wildman–Crippen MR) is 99.3 cm³/mol. The fraction of sp³-hybridized carbons (Fsp3) is 0.500. The summed E-state index contributed by atoms with van der Waals surface area (Å²) in [5, 5.41) is 3.36. The van der Waals surface area contributed by atoms with Crippen LogP contribution in [0.2, 0.25) is 0 Å². The van der Waals surface area contributed by atoms with Crippen molar-refractivity contribution in [1.82, 2.24) is 14.9 Å². The van der Waals surface area contributed by atoms with E-state index in [2.05, 4.69) is 45.3 Å². The number of nitrogens with one attached hydrogen (secondary N) is 1. The summed E-state index contributed by atoms with van der Waals surface area (Å²) in [6.07, 6.45) is 7.33. The summed E-state index contributed by atoms with van der Waals surface area (Å²) >= 11 is 0. The first-order valence-electron chi connectivity index (χ1n) is 9.26. The molecule has 1 N–H and O–H groups in total. The normalized spacial score (nSPS) is 22.2. The molecule has 0 spiro atoms. The highest BCUT2D eigenvalue weighted by atomic mass is 16.5. The fourth-order valence-corrected chi connectivity index (χ4v) is 3.92. The molecular weight excluding hydrogens is 312 g/mol. The molecule has 2 aromatic rings. The molecular formula is C20H26N4O. The maximum absolute atomic E-state index is 5.54. The van der Waals surface area contributed by atoms with Crippen molar-refractivity contribution in [3.8, 4) is 0 Å². The number of aromatic nitrogens is 2. The van der Waals surface area contributed by atoms with E-state index in [1.165, 1.54) is 37.9 Å². The van der Waals surface area contributed by atoms with Crippen LogP contribution in [0.5, 0.6) is 0 Å². The summed E-state index contributed by atoms with van der Waals surface area (Å²) in [7, 11) is 0. The number of anilines is 2. The smallest absolute Gasteiger partial charge is 0.134 e. The summed E-state index contributed by atoms with van der Waals surface area (Å²) in [5.74, 6) is 2.38. The summed E-state index contributed by atoms with van der Waals surface area (Å²) in [5.41, 5.74) is 2.51. The van der Waals surface area contributed by atoms with Crippen LogP contribution in [0.3, 0.4) is 0 Å². The van der Waals surface area contributed by atoms with E-state index >= 15 is 0 Å². The van der Waals surface area contributed by atoms with Gasteiger partial charge in [0.15, 0.2) is 0 Å². The molecule has 2 aliphatic heterocycles. The SMILES string of the molecule is Cc1cccnc1Nc1cc(C2CCN([C@@H]3CCOC3)CC2)ccn1. The minimum Gasteiger partial charge on any atom is -0.380 e. The molecule has 5 heteroatoms. The molecule has 2 saturated heterocycles. The fourth-order valence-electron chi connectivity index (χ4n) is 3.92. The molecule has 5 nitrogen and oxygen atoms in total. The number of rotatable bonds is 4. The Morgan fingerprint density at radius 3 is 2.76 bits per heavy atom. The quantitative estimate of drug-likeness (QED) is 0.925. The summed E-state index contributed by atoms with van der Waals surface area (Å²) in [4.78, 5) is 11.5. The maximum Gasteiger partial charge on any atom is 0.134 e. The van der Waals surface area contributed by atoms with Crippen molar-refractivity contribution in [3.63, 3.8) is 0 Å². The van der Waals surface area contributed by atoms with E-state index in [9.17, 15) is 0 Å². The lowest BCUT2D eigenvalue weighted by Gasteiger charge is -2.35. The second-order valence-corrected chi connectivity index (χ2v) is 7.10. The van der Waals surface area contributed by atoms with Gasteiger partial charge in [0, 0.05) is 25.0 Å². The zero-order valence-electron chi connectivity index (χ0n) is 14.8. The number of hydrogen-bond acceptors (Lipinski definition) is 5. The second-order valence-electron chi connectivity index (χ2n) is 7.10. The molecule has 0 aliphatic carbocycles. The first-order chi connectivity index (χ1) is 12.3. The van der Waals surface area contributed by atoms with Gasteiger partial charge in [-0.2, -0.15) is 0 Å². The molecule has 4 rings (SSSR count). The number of ether oxygens (including phenoxy) is 1. The molecule has 0 saturated carbocycles. The van der Waals surface area contributed by atoms with Crippen molar-refractivity contribution in [2.75, 3.05) is 31.6 Å². The van der Waals surface area contributed by atoms with Crippen LogP contribution in [0.15, 0.2) is 36.7 Å². The van der Waals surface area contributed by atoms with Gasteiger partial charge in [-0.1, -0.05) is 6.07 Å². The Bertz CT molecular complexity index is 706. The van der Waals surface area contributed by atoms with Crippen LogP contribution in [0.25, 0.3) is 0 Å². The summed E-state index contributed by atoms with van der Waals surface area (Å²) < 4.78 is 5.54. The van der Waals surface area contributed by atoms with Gasteiger partial charge in [0.05, 0.1) is 6.61 Å². The standard InChI is InChI=1S/C20H26N4O/c1-15-3-2-8-22-20(15)23-19-13-17(4-9-21-19)16-5-10-24(11-6-16)18-7-12-25-14-18/h2-4,8-9,13,16,18H,5-7,10-12,14H2,1H3,(H,21,22,23)/t18-/m1/s1. The Hall–Kier alpha value is -1.98. The monoisotopic (exact) mass is 338 g/mol. The van der Waals surface area contributed by atoms with Crippen molar-refractivity contribution in [2.24, 2.45) is 0 Å². The minimum atomic E-state index is 0.618. The number of hydrogen-bond donors (Lipinski definition) is 1. The van der Waals surface area contributed by atoms with Gasteiger partial charge >= 0.3 is 0 Å². The van der Waals surface area contributed by atoms with E-state index in [0.29, 0.717) is 12.0 Å². The zero-order chi connectivity index (χ0) is 17.1. The van der Waals surface area contributed by atoms with Crippen LogP contribution in [0.4, 0.5) is 11.6 Å². The highest BCUT2D eigenvalue weighted by Gasteiger charge is 2.28. The molecule has 0 radical (unpaired) electrons.